The van der Waals surface area contributed by atoms with Gasteiger partial charge in [-0.25, -0.2) is 0 Å². The molecule has 1 atom stereocenters. The number of ether oxygens (including phenoxy) is 1. The number of hydrogen-bond acceptors (Lipinski definition) is 3. The summed E-state index contributed by atoms with van der Waals surface area (Å²) < 4.78 is 5.74. The van der Waals surface area contributed by atoms with Gasteiger partial charge in [0, 0.05) is 5.97 Å². The molecule has 1 heterocycles. The highest BCUT2D eigenvalue weighted by Crippen LogP contribution is 2.13. The first-order valence-corrected chi connectivity index (χ1v) is 9.77. The minimum atomic E-state index is -1.08. The van der Waals surface area contributed by atoms with Crippen LogP contribution in [0, 0.1) is 0 Å². The molecule has 138 valence electrons. The Kier molecular flexibility index (Phi) is 17.3. The summed E-state index contributed by atoms with van der Waals surface area (Å²) in [5.74, 6) is -1.08. The van der Waals surface area contributed by atoms with Crippen molar-refractivity contribution >= 4 is 5.97 Å². The molecule has 1 aliphatic heterocycles. The zero-order chi connectivity index (χ0) is 17.2. The fourth-order valence-electron chi connectivity index (χ4n) is 2.93. The number of carbonyl (C=O) groups excluding carboxylic acids is 1. The van der Waals surface area contributed by atoms with Crippen molar-refractivity contribution in [3.63, 3.8) is 0 Å². The van der Waals surface area contributed by atoms with Gasteiger partial charge in [-0.1, -0.05) is 77.6 Å². The Hall–Kier alpha value is -0.610. The molecule has 1 saturated heterocycles. The van der Waals surface area contributed by atoms with Crippen molar-refractivity contribution in [2.45, 2.75) is 97.0 Å². The van der Waals surface area contributed by atoms with E-state index in [1.807, 2.05) is 0 Å². The number of morpholine rings is 1. The Labute approximate surface area is 143 Å². The molecule has 0 saturated carbocycles. The average Bonchev–Trinajstić information content (AvgIpc) is 2.53. The zero-order valence-corrected chi connectivity index (χ0v) is 15.5. The average molecular weight is 330 g/mol. The second-order valence-corrected chi connectivity index (χ2v) is 6.62. The second-order valence-electron chi connectivity index (χ2n) is 6.62. The van der Waals surface area contributed by atoms with E-state index in [-0.39, 0.29) is 0 Å². The normalized spacial score (nSPS) is 17.4. The van der Waals surface area contributed by atoms with E-state index in [4.69, 9.17) is 14.6 Å². The van der Waals surface area contributed by atoms with Crippen LogP contribution < -0.4 is 10.4 Å². The number of unbranched alkanes of at least 4 members (excludes halogenated alkanes) is 10. The van der Waals surface area contributed by atoms with Crippen LogP contribution in [0.3, 0.4) is 0 Å². The highest BCUT2D eigenvalue weighted by molar-refractivity contribution is 5.60. The Bertz CT molecular complexity index is 249. The van der Waals surface area contributed by atoms with Crippen LogP contribution in [0.15, 0.2) is 0 Å². The Balaban J connectivity index is 0.00000108. The summed E-state index contributed by atoms with van der Waals surface area (Å²) in [4.78, 5) is 8.89. The van der Waals surface area contributed by atoms with Gasteiger partial charge in [0.25, 0.3) is 0 Å². The number of carbonyl (C=O) groups is 1. The zero-order valence-electron chi connectivity index (χ0n) is 15.5. The van der Waals surface area contributed by atoms with Crippen molar-refractivity contribution in [2.75, 3.05) is 19.7 Å². The maximum Gasteiger partial charge on any atom is 0.107 e. The monoisotopic (exact) mass is 329 g/mol. The third kappa shape index (κ3) is 19.3. The number of hydrogen-bond donors (Lipinski definition) is 1. The molecule has 0 spiro atoms. The number of carboxylic acid groups (broad SMARTS) is 1. The van der Waals surface area contributed by atoms with Gasteiger partial charge in [0.05, 0.1) is 13.2 Å². The molecule has 23 heavy (non-hydrogen) atoms. The summed E-state index contributed by atoms with van der Waals surface area (Å²) in [6, 6.07) is 0. The van der Waals surface area contributed by atoms with E-state index in [1.165, 1.54) is 83.6 Å². The van der Waals surface area contributed by atoms with Gasteiger partial charge in [0.2, 0.25) is 0 Å². The van der Waals surface area contributed by atoms with Crippen molar-refractivity contribution in [1.29, 1.82) is 0 Å². The van der Waals surface area contributed by atoms with Crippen LogP contribution in [-0.2, 0) is 9.53 Å². The summed E-state index contributed by atoms with van der Waals surface area (Å²) in [5.41, 5.74) is 0. The highest BCUT2D eigenvalue weighted by Gasteiger charge is 2.14. The van der Waals surface area contributed by atoms with Gasteiger partial charge in [-0.05, 0) is 13.3 Å². The third-order valence-electron chi connectivity index (χ3n) is 4.23. The first-order chi connectivity index (χ1) is 11.2. The van der Waals surface area contributed by atoms with Gasteiger partial charge >= 0.3 is 0 Å². The van der Waals surface area contributed by atoms with Gasteiger partial charge in [0.1, 0.15) is 12.6 Å². The van der Waals surface area contributed by atoms with E-state index < -0.39 is 5.97 Å². The quantitative estimate of drug-likeness (QED) is 0.559. The van der Waals surface area contributed by atoms with Crippen molar-refractivity contribution in [1.82, 2.24) is 0 Å². The summed E-state index contributed by atoms with van der Waals surface area (Å²) in [6.07, 6.45) is 17.6. The van der Waals surface area contributed by atoms with Crippen molar-refractivity contribution in [3.8, 4) is 0 Å². The molecule has 0 amide bonds. The first-order valence-electron chi connectivity index (χ1n) is 9.77. The van der Waals surface area contributed by atoms with Crippen LogP contribution >= 0.6 is 0 Å². The lowest BCUT2D eigenvalue weighted by Crippen LogP contribution is -2.89. The van der Waals surface area contributed by atoms with E-state index in [0.29, 0.717) is 6.10 Å². The Morgan fingerprint density at radius 3 is 1.91 bits per heavy atom. The van der Waals surface area contributed by atoms with Gasteiger partial charge in [0.15, 0.2) is 0 Å². The molecular formula is C19H39NO3. The van der Waals surface area contributed by atoms with E-state index in [9.17, 15) is 0 Å². The van der Waals surface area contributed by atoms with Gasteiger partial charge < -0.3 is 20.0 Å². The lowest BCUT2D eigenvalue weighted by atomic mass is 10.0. The Morgan fingerprint density at radius 2 is 1.48 bits per heavy atom. The maximum atomic E-state index is 8.89. The molecule has 1 fully saturated rings. The minimum absolute atomic E-state index is 0.548. The van der Waals surface area contributed by atoms with Crippen molar-refractivity contribution in [3.05, 3.63) is 0 Å². The first kappa shape index (κ1) is 22.4. The molecular weight excluding hydrogens is 290 g/mol. The van der Waals surface area contributed by atoms with Crippen LogP contribution in [0.1, 0.15) is 90.9 Å². The smallest absolute Gasteiger partial charge is 0.107 e. The molecule has 1 aliphatic rings. The standard InChI is InChI=1S/C17H35NO.C2H4O2/c1-2-3-4-5-6-7-8-9-10-11-12-13-17-16-18-14-15-19-17;1-2(3)4/h17-18H,2-16H2,1H3;1H3,(H,3,4). The predicted molar refractivity (Wildman–Crippen MR) is 93.2 cm³/mol. The molecule has 0 radical (unpaired) electrons. The topological polar surface area (TPSA) is 66.0 Å². The summed E-state index contributed by atoms with van der Waals surface area (Å²) in [7, 11) is 0. The van der Waals surface area contributed by atoms with Crippen LogP contribution in [0.5, 0.6) is 0 Å². The molecule has 1 rings (SSSR count). The van der Waals surface area contributed by atoms with E-state index >= 15 is 0 Å². The molecule has 4 nitrogen and oxygen atoms in total. The molecule has 0 aromatic carbocycles. The highest BCUT2D eigenvalue weighted by atomic mass is 16.5. The van der Waals surface area contributed by atoms with Crippen LogP contribution in [0.25, 0.3) is 0 Å². The largest absolute Gasteiger partial charge is 0.550 e. The summed E-state index contributed by atoms with van der Waals surface area (Å²) >= 11 is 0. The van der Waals surface area contributed by atoms with Crippen LogP contribution in [-0.4, -0.2) is 31.8 Å². The van der Waals surface area contributed by atoms with Crippen molar-refractivity contribution in [2.24, 2.45) is 0 Å². The van der Waals surface area contributed by atoms with Gasteiger partial charge in [-0.2, -0.15) is 0 Å². The number of nitrogens with two attached hydrogens (primary N) is 1. The number of rotatable bonds is 12. The fraction of sp³-hybridized carbons (Fsp3) is 0.947. The summed E-state index contributed by atoms with van der Waals surface area (Å²) in [5, 5.41) is 11.3. The fourth-order valence-corrected chi connectivity index (χ4v) is 2.93. The van der Waals surface area contributed by atoms with Crippen LogP contribution in [0.4, 0.5) is 0 Å². The lowest BCUT2D eigenvalue weighted by molar-refractivity contribution is -0.677. The molecule has 1 unspecified atom stereocenters. The molecule has 0 aromatic heterocycles. The van der Waals surface area contributed by atoms with Gasteiger partial charge in [-0.15, -0.1) is 0 Å². The molecule has 0 bridgehead atoms. The molecule has 4 heteroatoms. The van der Waals surface area contributed by atoms with Gasteiger partial charge in [-0.3, -0.25) is 0 Å². The molecule has 0 aromatic rings. The Morgan fingerprint density at radius 1 is 1.00 bits per heavy atom. The minimum Gasteiger partial charge on any atom is -0.550 e. The summed E-state index contributed by atoms with van der Waals surface area (Å²) in [6.45, 7) is 6.58. The lowest BCUT2D eigenvalue weighted by Gasteiger charge is -2.20. The number of aliphatic carboxylic acids is 1. The van der Waals surface area contributed by atoms with E-state index in [1.54, 1.807) is 0 Å². The van der Waals surface area contributed by atoms with Crippen molar-refractivity contribution < 1.29 is 20.0 Å². The number of quaternary nitrogens is 1. The van der Waals surface area contributed by atoms with Crippen LogP contribution in [0.2, 0.25) is 0 Å². The van der Waals surface area contributed by atoms with E-state index in [2.05, 4.69) is 12.2 Å². The number of carboxylic acids is 1. The SMILES string of the molecule is CC(=O)[O-].CCCCCCCCCCCCCC1C[NH2+]CCO1. The third-order valence-corrected chi connectivity index (χ3v) is 4.23. The predicted octanol–water partition coefficient (Wildman–Crippen LogP) is 2.41. The maximum absolute atomic E-state index is 8.89. The molecule has 0 aliphatic carbocycles. The van der Waals surface area contributed by atoms with E-state index in [0.717, 1.165) is 20.1 Å². The molecule has 2 N–H and O–H groups in total. The second kappa shape index (κ2) is 17.7.